The molecular weight excluding hydrogens is 409 g/mol. The van der Waals surface area contributed by atoms with Crippen molar-refractivity contribution in [2.45, 2.75) is 38.0 Å². The van der Waals surface area contributed by atoms with Gasteiger partial charge in [0.25, 0.3) is 0 Å². The van der Waals surface area contributed by atoms with Gasteiger partial charge >= 0.3 is 19.7 Å². The summed E-state index contributed by atoms with van der Waals surface area (Å²) in [5, 5.41) is 0. The first-order valence-corrected chi connectivity index (χ1v) is 11.7. The number of esters is 1. The number of benzene rings is 1. The van der Waals surface area contributed by atoms with E-state index in [0.717, 1.165) is 5.56 Å². The van der Waals surface area contributed by atoms with Crippen LogP contribution in [0.2, 0.25) is 0 Å². The molecule has 0 unspecified atom stereocenters. The van der Waals surface area contributed by atoms with E-state index in [2.05, 4.69) is 0 Å². The van der Waals surface area contributed by atoms with E-state index in [1.165, 1.54) is 12.0 Å². The molecule has 1 fully saturated rings. The van der Waals surface area contributed by atoms with Gasteiger partial charge < -0.3 is 18.5 Å². The summed E-state index contributed by atoms with van der Waals surface area (Å²) in [5.74, 6) is -1.48. The molecule has 3 rings (SSSR count). The summed E-state index contributed by atoms with van der Waals surface area (Å²) in [4.78, 5) is 27.1. The highest BCUT2D eigenvalue weighted by Crippen LogP contribution is 2.59. The third kappa shape index (κ3) is 4.31. The van der Waals surface area contributed by atoms with Crippen LogP contribution >= 0.6 is 7.60 Å². The summed E-state index contributed by atoms with van der Waals surface area (Å²) in [7, 11) is -2.36. The molecule has 1 saturated heterocycles. The van der Waals surface area contributed by atoms with Crippen molar-refractivity contribution in [2.75, 3.05) is 26.9 Å². The van der Waals surface area contributed by atoms with Crippen LogP contribution in [0.5, 0.6) is 0 Å². The molecule has 0 N–H and O–H groups in total. The number of cyclic esters (lactones) is 1. The maximum absolute atomic E-state index is 13.6. The molecule has 0 saturated carbocycles. The molecule has 0 radical (unpaired) electrons. The molecule has 0 bridgehead atoms. The number of allylic oxidation sites excluding steroid dienone is 1. The minimum absolute atomic E-state index is 0.167. The van der Waals surface area contributed by atoms with E-state index in [0.29, 0.717) is 6.42 Å². The van der Waals surface area contributed by atoms with Crippen LogP contribution in [0.15, 0.2) is 42.5 Å². The highest BCUT2D eigenvalue weighted by molar-refractivity contribution is 7.54. The lowest BCUT2D eigenvalue weighted by Crippen LogP contribution is -2.50. The molecule has 1 aliphatic heterocycles. The number of hydrogen-bond donors (Lipinski definition) is 0. The van der Waals surface area contributed by atoms with Crippen LogP contribution in [0.4, 0.5) is 4.79 Å². The van der Waals surface area contributed by atoms with Crippen molar-refractivity contribution < 1.29 is 32.7 Å². The minimum atomic E-state index is -3.64. The molecule has 164 valence electrons. The van der Waals surface area contributed by atoms with E-state index in [-0.39, 0.29) is 25.9 Å². The molecule has 9 heteroatoms. The van der Waals surface area contributed by atoms with Gasteiger partial charge in [-0.2, -0.15) is 0 Å². The fourth-order valence-corrected chi connectivity index (χ4v) is 6.41. The first-order valence-electron chi connectivity index (χ1n) is 10.1. The van der Waals surface area contributed by atoms with Gasteiger partial charge in [-0.05, 0) is 25.8 Å². The number of nitrogens with zero attached hydrogens (tertiary/aromatic N) is 1. The topological polar surface area (TPSA) is 91.4 Å². The van der Waals surface area contributed by atoms with Crippen molar-refractivity contribution in [3.8, 4) is 0 Å². The van der Waals surface area contributed by atoms with Crippen LogP contribution < -0.4 is 0 Å². The first-order chi connectivity index (χ1) is 14.5. The standard InChI is InChI=1S/C21H28NO7P/c1-4-28-30(25,29-5-2)18-13-9-12-16(19(18)20(23)26-3)22-17(14-27-21(22)24)15-10-7-6-8-11-15/h6-12,16-19H,4-5,13-14H2,1-3H3/t16-,17+,18-,19-/m1/s1. The maximum atomic E-state index is 13.6. The molecular formula is C21H28NO7P. The SMILES string of the molecule is CCOP(=O)(OCC)[C@@H]1CC=C[C@@H](N2C(=O)OC[C@H]2c2ccccc2)[C@H]1C(=O)OC. The van der Waals surface area contributed by atoms with E-state index in [9.17, 15) is 14.2 Å². The summed E-state index contributed by atoms with van der Waals surface area (Å²) in [6.45, 7) is 3.96. The van der Waals surface area contributed by atoms with Crippen molar-refractivity contribution in [1.29, 1.82) is 0 Å². The zero-order valence-electron chi connectivity index (χ0n) is 17.4. The summed E-state index contributed by atoms with van der Waals surface area (Å²) in [6.07, 6.45) is 3.37. The number of hydrogen-bond acceptors (Lipinski definition) is 7. The van der Waals surface area contributed by atoms with Crippen LogP contribution in [0.25, 0.3) is 0 Å². The number of carbonyl (C=O) groups excluding carboxylic acids is 2. The summed E-state index contributed by atoms with van der Waals surface area (Å²) < 4.78 is 35.0. The Morgan fingerprint density at radius 1 is 1.20 bits per heavy atom. The average Bonchev–Trinajstić information content (AvgIpc) is 3.15. The monoisotopic (exact) mass is 437 g/mol. The normalized spacial score (nSPS) is 26.5. The molecule has 1 aromatic rings. The number of rotatable bonds is 8. The maximum Gasteiger partial charge on any atom is 0.411 e. The van der Waals surface area contributed by atoms with Gasteiger partial charge in [0.2, 0.25) is 0 Å². The number of ether oxygens (including phenoxy) is 2. The smallest absolute Gasteiger partial charge is 0.411 e. The number of amides is 1. The Morgan fingerprint density at radius 2 is 1.87 bits per heavy atom. The third-order valence-electron chi connectivity index (χ3n) is 5.41. The zero-order chi connectivity index (χ0) is 21.7. The lowest BCUT2D eigenvalue weighted by atomic mass is 9.86. The summed E-state index contributed by atoms with van der Waals surface area (Å²) in [6, 6.07) is 8.38. The Morgan fingerprint density at radius 3 is 2.47 bits per heavy atom. The highest BCUT2D eigenvalue weighted by Gasteiger charge is 2.53. The fraction of sp³-hybridized carbons (Fsp3) is 0.524. The van der Waals surface area contributed by atoms with Crippen LogP contribution in [-0.4, -0.2) is 55.6 Å². The quantitative estimate of drug-likeness (QED) is 0.346. The van der Waals surface area contributed by atoms with Gasteiger partial charge in [-0.1, -0.05) is 42.5 Å². The second-order valence-corrected chi connectivity index (χ2v) is 9.32. The van der Waals surface area contributed by atoms with Crippen molar-refractivity contribution in [2.24, 2.45) is 5.92 Å². The van der Waals surface area contributed by atoms with E-state index in [1.807, 2.05) is 36.4 Å². The molecule has 0 spiro atoms. The summed E-state index contributed by atoms with van der Waals surface area (Å²) >= 11 is 0. The highest BCUT2D eigenvalue weighted by atomic mass is 31.2. The van der Waals surface area contributed by atoms with Gasteiger partial charge in [0, 0.05) is 0 Å². The second kappa shape index (κ2) is 9.77. The lowest BCUT2D eigenvalue weighted by Gasteiger charge is -2.40. The zero-order valence-corrected chi connectivity index (χ0v) is 18.3. The van der Waals surface area contributed by atoms with Crippen LogP contribution in [-0.2, 0) is 27.9 Å². The molecule has 1 aromatic carbocycles. The first kappa shape index (κ1) is 22.5. The lowest BCUT2D eigenvalue weighted by molar-refractivity contribution is -0.147. The van der Waals surface area contributed by atoms with E-state index in [4.69, 9.17) is 18.5 Å². The second-order valence-electron chi connectivity index (χ2n) is 7.06. The molecule has 2 aliphatic rings. The van der Waals surface area contributed by atoms with Gasteiger partial charge in [0.1, 0.15) is 6.61 Å². The molecule has 1 amide bonds. The average molecular weight is 437 g/mol. The predicted octanol–water partition coefficient (Wildman–Crippen LogP) is 3.93. The molecule has 8 nitrogen and oxygen atoms in total. The van der Waals surface area contributed by atoms with Gasteiger partial charge in [0.05, 0.1) is 44.0 Å². The van der Waals surface area contributed by atoms with Gasteiger partial charge in [-0.3, -0.25) is 14.3 Å². The van der Waals surface area contributed by atoms with E-state index >= 15 is 0 Å². The molecule has 4 atom stereocenters. The Labute approximate surface area is 176 Å². The van der Waals surface area contributed by atoms with Gasteiger partial charge in [-0.25, -0.2) is 4.79 Å². The third-order valence-corrected chi connectivity index (χ3v) is 7.99. The molecule has 30 heavy (non-hydrogen) atoms. The summed E-state index contributed by atoms with van der Waals surface area (Å²) in [5.41, 5.74) is 0.116. The van der Waals surface area contributed by atoms with Crippen molar-refractivity contribution in [1.82, 2.24) is 4.90 Å². The van der Waals surface area contributed by atoms with Crippen LogP contribution in [0.3, 0.4) is 0 Å². The molecule has 0 aromatic heterocycles. The van der Waals surface area contributed by atoms with Gasteiger partial charge in [0.15, 0.2) is 0 Å². The van der Waals surface area contributed by atoms with Crippen molar-refractivity contribution in [3.63, 3.8) is 0 Å². The molecule has 1 heterocycles. The van der Waals surface area contributed by atoms with Crippen LogP contribution in [0, 0.1) is 5.92 Å². The fourth-order valence-electron chi connectivity index (χ4n) is 4.16. The Kier molecular flexibility index (Phi) is 7.34. The number of carbonyl (C=O) groups is 2. The minimum Gasteiger partial charge on any atom is -0.469 e. The number of methoxy groups -OCH3 is 1. The van der Waals surface area contributed by atoms with Crippen molar-refractivity contribution in [3.05, 3.63) is 48.0 Å². The predicted molar refractivity (Wildman–Crippen MR) is 110 cm³/mol. The van der Waals surface area contributed by atoms with Gasteiger partial charge in [-0.15, -0.1) is 0 Å². The van der Waals surface area contributed by atoms with E-state index < -0.39 is 37.3 Å². The Balaban J connectivity index is 2.02. The van der Waals surface area contributed by atoms with E-state index in [1.54, 1.807) is 19.9 Å². The van der Waals surface area contributed by atoms with Crippen molar-refractivity contribution >= 4 is 19.7 Å². The Hall–Kier alpha value is -2.15. The Bertz CT molecular complexity index is 818. The molecule has 1 aliphatic carbocycles. The van der Waals surface area contributed by atoms with Crippen LogP contribution in [0.1, 0.15) is 31.9 Å². The largest absolute Gasteiger partial charge is 0.469 e.